The van der Waals surface area contributed by atoms with Gasteiger partial charge in [-0.15, -0.1) is 0 Å². The summed E-state index contributed by atoms with van der Waals surface area (Å²) in [6.45, 7) is 4.51. The van der Waals surface area contributed by atoms with Gasteiger partial charge in [0.05, 0.1) is 11.0 Å². The zero-order valence-electron chi connectivity index (χ0n) is 12.2. The topological polar surface area (TPSA) is 41.9 Å². The fourth-order valence-corrected chi connectivity index (χ4v) is 3.01. The molecule has 1 aromatic carbocycles. The van der Waals surface area contributed by atoms with Crippen LogP contribution in [0.2, 0.25) is 0 Å². The highest BCUT2D eigenvalue weighted by molar-refractivity contribution is 5.75. The van der Waals surface area contributed by atoms with E-state index < -0.39 is 0 Å². The van der Waals surface area contributed by atoms with E-state index in [-0.39, 0.29) is 0 Å². The van der Waals surface area contributed by atoms with Crippen molar-refractivity contribution in [2.24, 2.45) is 13.0 Å². The lowest BCUT2D eigenvalue weighted by Gasteiger charge is -2.22. The Balaban J connectivity index is 1.51. The number of hydrogen-bond donors (Lipinski definition) is 2. The maximum Gasteiger partial charge on any atom is 0.110 e. The SMILES string of the molecule is Cn1c(CCNCC2CCNCC2)nc2ccccc21. The van der Waals surface area contributed by atoms with Crippen LogP contribution < -0.4 is 10.6 Å². The van der Waals surface area contributed by atoms with Crippen LogP contribution in [0, 0.1) is 5.92 Å². The summed E-state index contributed by atoms with van der Waals surface area (Å²) in [7, 11) is 2.11. The molecule has 108 valence electrons. The molecule has 2 aromatic rings. The van der Waals surface area contributed by atoms with E-state index in [1.807, 2.05) is 0 Å². The maximum absolute atomic E-state index is 4.71. The predicted molar refractivity (Wildman–Crippen MR) is 82.9 cm³/mol. The molecule has 1 fully saturated rings. The van der Waals surface area contributed by atoms with Crippen LogP contribution in [0.1, 0.15) is 18.7 Å². The number of imidazole rings is 1. The van der Waals surface area contributed by atoms with Crippen LogP contribution in [0.15, 0.2) is 24.3 Å². The molecule has 1 aromatic heterocycles. The van der Waals surface area contributed by atoms with Crippen LogP contribution in [0.3, 0.4) is 0 Å². The molecule has 0 atom stereocenters. The zero-order chi connectivity index (χ0) is 13.8. The third kappa shape index (κ3) is 3.02. The van der Waals surface area contributed by atoms with Crippen molar-refractivity contribution in [1.82, 2.24) is 20.2 Å². The van der Waals surface area contributed by atoms with E-state index in [4.69, 9.17) is 4.98 Å². The van der Waals surface area contributed by atoms with Crippen LogP contribution in [0.4, 0.5) is 0 Å². The average Bonchev–Trinajstić information content (AvgIpc) is 2.82. The summed E-state index contributed by atoms with van der Waals surface area (Å²) >= 11 is 0. The van der Waals surface area contributed by atoms with E-state index in [1.54, 1.807) is 0 Å². The highest BCUT2D eigenvalue weighted by Crippen LogP contribution is 2.14. The van der Waals surface area contributed by atoms with Gasteiger partial charge in [0.2, 0.25) is 0 Å². The molecule has 2 heterocycles. The number of rotatable bonds is 5. The van der Waals surface area contributed by atoms with Gasteiger partial charge in [-0.3, -0.25) is 0 Å². The minimum absolute atomic E-state index is 0.844. The average molecular weight is 272 g/mol. The fraction of sp³-hybridized carbons (Fsp3) is 0.562. The first-order valence-corrected chi connectivity index (χ1v) is 7.66. The van der Waals surface area contributed by atoms with Gasteiger partial charge >= 0.3 is 0 Å². The van der Waals surface area contributed by atoms with Crippen molar-refractivity contribution in [1.29, 1.82) is 0 Å². The summed E-state index contributed by atoms with van der Waals surface area (Å²) < 4.78 is 2.21. The molecule has 0 bridgehead atoms. The highest BCUT2D eigenvalue weighted by Gasteiger charge is 2.12. The van der Waals surface area contributed by atoms with Gasteiger partial charge in [0.1, 0.15) is 5.82 Å². The third-order valence-corrected chi connectivity index (χ3v) is 4.30. The van der Waals surface area contributed by atoms with Crippen molar-refractivity contribution in [3.8, 4) is 0 Å². The standard InChI is InChI=1S/C16H24N4/c1-20-15-5-3-2-4-14(15)19-16(20)8-11-18-12-13-6-9-17-10-7-13/h2-5,13,17-18H,6-12H2,1H3. The quantitative estimate of drug-likeness (QED) is 0.814. The molecule has 0 unspecified atom stereocenters. The second-order valence-corrected chi connectivity index (χ2v) is 5.72. The van der Waals surface area contributed by atoms with Crippen LogP contribution >= 0.6 is 0 Å². The number of benzene rings is 1. The summed E-state index contributed by atoms with van der Waals surface area (Å²) in [5, 5.41) is 7.01. The Morgan fingerprint density at radius 1 is 1.30 bits per heavy atom. The van der Waals surface area contributed by atoms with Gasteiger partial charge in [0, 0.05) is 20.0 Å². The van der Waals surface area contributed by atoms with Gasteiger partial charge in [0.15, 0.2) is 0 Å². The van der Waals surface area contributed by atoms with Crippen LogP contribution in [0.5, 0.6) is 0 Å². The highest BCUT2D eigenvalue weighted by atomic mass is 15.1. The molecular formula is C16H24N4. The Morgan fingerprint density at radius 2 is 2.10 bits per heavy atom. The molecule has 1 aliphatic heterocycles. The normalized spacial score (nSPS) is 16.9. The van der Waals surface area contributed by atoms with Gasteiger partial charge in [-0.25, -0.2) is 4.98 Å². The van der Waals surface area contributed by atoms with Crippen molar-refractivity contribution in [2.75, 3.05) is 26.2 Å². The monoisotopic (exact) mass is 272 g/mol. The Bertz CT molecular complexity index is 555. The Labute approximate surface area is 120 Å². The first-order chi connectivity index (χ1) is 9.84. The molecule has 0 radical (unpaired) electrons. The molecule has 1 aliphatic rings. The Morgan fingerprint density at radius 3 is 2.90 bits per heavy atom. The summed E-state index contributed by atoms with van der Waals surface area (Å²) in [5.74, 6) is 2.01. The first kappa shape index (κ1) is 13.6. The van der Waals surface area contributed by atoms with Gasteiger partial charge in [-0.1, -0.05) is 12.1 Å². The summed E-state index contributed by atoms with van der Waals surface area (Å²) in [6, 6.07) is 8.34. The van der Waals surface area contributed by atoms with Crippen molar-refractivity contribution in [3.63, 3.8) is 0 Å². The molecule has 20 heavy (non-hydrogen) atoms. The van der Waals surface area contributed by atoms with Crippen molar-refractivity contribution < 1.29 is 0 Å². The van der Waals surface area contributed by atoms with E-state index >= 15 is 0 Å². The molecule has 0 saturated carbocycles. The number of piperidine rings is 1. The van der Waals surface area contributed by atoms with E-state index in [1.165, 1.54) is 37.3 Å². The van der Waals surface area contributed by atoms with Gasteiger partial charge in [-0.2, -0.15) is 0 Å². The zero-order valence-corrected chi connectivity index (χ0v) is 12.2. The largest absolute Gasteiger partial charge is 0.331 e. The minimum Gasteiger partial charge on any atom is -0.331 e. The summed E-state index contributed by atoms with van der Waals surface area (Å²) in [4.78, 5) is 4.71. The van der Waals surface area contributed by atoms with Crippen LogP contribution in [0.25, 0.3) is 11.0 Å². The lowest BCUT2D eigenvalue weighted by atomic mass is 9.98. The molecule has 0 spiro atoms. The molecule has 4 nitrogen and oxygen atoms in total. The van der Waals surface area contributed by atoms with Crippen LogP contribution in [-0.2, 0) is 13.5 Å². The molecule has 3 rings (SSSR count). The molecule has 0 amide bonds. The van der Waals surface area contributed by atoms with Gasteiger partial charge in [-0.05, 0) is 50.5 Å². The fourth-order valence-electron chi connectivity index (χ4n) is 3.01. The number of nitrogens with zero attached hydrogens (tertiary/aromatic N) is 2. The molecule has 2 N–H and O–H groups in total. The number of nitrogens with one attached hydrogen (secondary N) is 2. The Hall–Kier alpha value is -1.39. The summed E-state index contributed by atoms with van der Waals surface area (Å²) in [5.41, 5.74) is 2.32. The number of hydrogen-bond acceptors (Lipinski definition) is 3. The van der Waals surface area contributed by atoms with Gasteiger partial charge in [0.25, 0.3) is 0 Å². The predicted octanol–water partition coefficient (Wildman–Crippen LogP) is 1.70. The second-order valence-electron chi connectivity index (χ2n) is 5.72. The number of para-hydroxylation sites is 2. The molecule has 1 saturated heterocycles. The van der Waals surface area contributed by atoms with E-state index in [9.17, 15) is 0 Å². The lowest BCUT2D eigenvalue weighted by molar-refractivity contribution is 0.357. The second kappa shape index (κ2) is 6.37. The van der Waals surface area contributed by atoms with Crippen molar-refractivity contribution in [3.05, 3.63) is 30.1 Å². The Kier molecular flexibility index (Phi) is 4.33. The first-order valence-electron chi connectivity index (χ1n) is 7.66. The molecular weight excluding hydrogens is 248 g/mol. The van der Waals surface area contributed by atoms with E-state index in [2.05, 4.69) is 46.5 Å². The van der Waals surface area contributed by atoms with E-state index in [0.29, 0.717) is 0 Å². The maximum atomic E-state index is 4.71. The van der Waals surface area contributed by atoms with Crippen LogP contribution in [-0.4, -0.2) is 35.7 Å². The van der Waals surface area contributed by atoms with Gasteiger partial charge < -0.3 is 15.2 Å². The molecule has 0 aliphatic carbocycles. The molecule has 4 heteroatoms. The lowest BCUT2D eigenvalue weighted by Crippen LogP contribution is -2.34. The third-order valence-electron chi connectivity index (χ3n) is 4.30. The van der Waals surface area contributed by atoms with E-state index in [0.717, 1.165) is 30.9 Å². The summed E-state index contributed by atoms with van der Waals surface area (Å²) in [6.07, 6.45) is 3.61. The number of fused-ring (bicyclic) bond motifs is 1. The number of aromatic nitrogens is 2. The number of aryl methyl sites for hydroxylation is 1. The smallest absolute Gasteiger partial charge is 0.110 e. The van der Waals surface area contributed by atoms with Crippen molar-refractivity contribution in [2.45, 2.75) is 19.3 Å². The van der Waals surface area contributed by atoms with Crippen molar-refractivity contribution >= 4 is 11.0 Å². The minimum atomic E-state index is 0.844.